The number of aliphatic hydroxyl groups excluding tert-OH is 1. The van der Waals surface area contributed by atoms with Gasteiger partial charge in [-0.3, -0.25) is 0 Å². The van der Waals surface area contributed by atoms with Crippen LogP contribution < -0.4 is 0 Å². The monoisotopic (exact) mass is 341 g/mol. The molecule has 0 aliphatic heterocycles. The molecule has 6 nitrogen and oxygen atoms in total. The number of hydrogen-bond donors (Lipinski definition) is 1. The van der Waals surface area contributed by atoms with E-state index < -0.39 is 27.5 Å². The number of alkyl halides is 3. The highest BCUT2D eigenvalue weighted by Gasteiger charge is 2.49. The fourth-order valence-electron chi connectivity index (χ4n) is 2.17. The Morgan fingerprint density at radius 2 is 2.14 bits per heavy atom. The molecule has 0 aromatic carbocycles. The van der Waals surface area contributed by atoms with Gasteiger partial charge in [-0.2, -0.15) is 21.6 Å². The second-order valence-corrected chi connectivity index (χ2v) is 6.40. The summed E-state index contributed by atoms with van der Waals surface area (Å²) in [6, 6.07) is 0. The second-order valence-electron chi connectivity index (χ2n) is 4.87. The van der Waals surface area contributed by atoms with Gasteiger partial charge in [0.15, 0.2) is 17.9 Å². The Hall–Kier alpha value is -1.55. The topological polar surface area (TPSA) is 89.6 Å². The van der Waals surface area contributed by atoms with E-state index in [1.54, 1.807) is 0 Å². The van der Waals surface area contributed by atoms with Crippen molar-refractivity contribution in [2.45, 2.75) is 44.2 Å². The normalized spacial score (nSPS) is 22.5. The van der Waals surface area contributed by atoms with Crippen LogP contribution in [0, 0.1) is 6.92 Å². The predicted molar refractivity (Wildman–Crippen MR) is 68.7 cm³/mol. The lowest BCUT2D eigenvalue weighted by Gasteiger charge is -2.23. The average molecular weight is 341 g/mol. The highest BCUT2D eigenvalue weighted by atomic mass is 32.2. The number of aryl methyl sites for hydroxylation is 1. The third-order valence-corrected chi connectivity index (χ3v) is 4.25. The molecule has 1 aromatic heterocycles. The van der Waals surface area contributed by atoms with Gasteiger partial charge in [0.05, 0.1) is 11.8 Å². The van der Waals surface area contributed by atoms with Gasteiger partial charge in [-0.25, -0.2) is 4.98 Å². The molecule has 1 heterocycles. The van der Waals surface area contributed by atoms with Crippen LogP contribution in [0.4, 0.5) is 13.2 Å². The molecule has 1 atom stereocenters. The minimum atomic E-state index is -5.87. The molecule has 1 aromatic rings. The highest BCUT2D eigenvalue weighted by molar-refractivity contribution is 7.87. The Balaban J connectivity index is 2.53. The summed E-state index contributed by atoms with van der Waals surface area (Å²) in [6.45, 7) is 1.43. The minimum absolute atomic E-state index is 0.0684. The Kier molecular flexibility index (Phi) is 4.52. The fraction of sp³-hybridized carbons (Fsp3) is 0.583. The van der Waals surface area contributed by atoms with Crippen LogP contribution in [-0.2, 0) is 14.3 Å². The number of oxazole rings is 1. The summed E-state index contributed by atoms with van der Waals surface area (Å²) < 4.78 is 69.5. The first kappa shape index (κ1) is 16.8. The quantitative estimate of drug-likeness (QED) is 0.516. The molecule has 124 valence electrons. The minimum Gasteiger partial charge on any atom is -0.440 e. The van der Waals surface area contributed by atoms with Gasteiger partial charge in [-0.1, -0.05) is 6.42 Å². The lowest BCUT2D eigenvalue weighted by Crippen LogP contribution is -2.27. The van der Waals surface area contributed by atoms with Crippen LogP contribution >= 0.6 is 0 Å². The third kappa shape index (κ3) is 3.27. The molecule has 1 fully saturated rings. The zero-order valence-corrected chi connectivity index (χ0v) is 12.4. The van der Waals surface area contributed by atoms with Crippen LogP contribution in [0.25, 0.3) is 5.76 Å². The standard InChI is InChI=1S/C12H14F3NO5S/c1-7-10(20-6-16-7)11(8-4-2-3-5-9(8)17)21-22(18,19)12(13,14)15/h6,9,17H,2-5H2,1H3/b11-8+. The zero-order valence-electron chi connectivity index (χ0n) is 11.6. The summed E-state index contributed by atoms with van der Waals surface area (Å²) in [7, 11) is -5.87. The van der Waals surface area contributed by atoms with Crippen LogP contribution in [0.1, 0.15) is 37.1 Å². The summed E-state index contributed by atoms with van der Waals surface area (Å²) in [5.74, 6) is -0.858. The summed E-state index contributed by atoms with van der Waals surface area (Å²) in [5, 5.41) is 9.95. The van der Waals surface area contributed by atoms with Gasteiger partial charge in [0, 0.05) is 5.57 Å². The maximum atomic E-state index is 12.6. The Bertz CT molecular complexity index is 677. The van der Waals surface area contributed by atoms with Gasteiger partial charge in [-0.05, 0) is 26.2 Å². The van der Waals surface area contributed by atoms with Crippen molar-refractivity contribution >= 4 is 15.9 Å². The molecule has 0 saturated heterocycles. The van der Waals surface area contributed by atoms with E-state index in [0.29, 0.717) is 19.3 Å². The predicted octanol–water partition coefficient (Wildman–Crippen LogP) is 2.50. The maximum absolute atomic E-state index is 12.6. The van der Waals surface area contributed by atoms with Crippen LogP contribution in [-0.4, -0.2) is 30.1 Å². The van der Waals surface area contributed by atoms with Crippen LogP contribution in [0.3, 0.4) is 0 Å². The molecule has 0 radical (unpaired) electrons. The first-order valence-electron chi connectivity index (χ1n) is 6.46. The van der Waals surface area contributed by atoms with Gasteiger partial charge in [0.1, 0.15) is 0 Å². The van der Waals surface area contributed by atoms with Gasteiger partial charge in [0.25, 0.3) is 0 Å². The first-order chi connectivity index (χ1) is 10.1. The number of aromatic nitrogens is 1. The number of halogens is 3. The van der Waals surface area contributed by atoms with Crippen LogP contribution in [0.5, 0.6) is 0 Å². The van der Waals surface area contributed by atoms with E-state index in [2.05, 4.69) is 9.17 Å². The van der Waals surface area contributed by atoms with E-state index in [1.807, 2.05) is 0 Å². The van der Waals surface area contributed by atoms with Crippen molar-refractivity contribution in [1.82, 2.24) is 4.98 Å². The Morgan fingerprint density at radius 1 is 1.45 bits per heavy atom. The molecule has 1 aliphatic rings. The second kappa shape index (κ2) is 5.92. The van der Waals surface area contributed by atoms with E-state index >= 15 is 0 Å². The molecule has 0 amide bonds. The van der Waals surface area contributed by atoms with E-state index in [1.165, 1.54) is 6.92 Å². The molecular formula is C12H14F3NO5S. The Morgan fingerprint density at radius 3 is 2.64 bits per heavy atom. The SMILES string of the molecule is Cc1ncoc1/C(OS(=O)(=O)C(F)(F)F)=C1/CCCCC1O. The van der Waals surface area contributed by atoms with Crippen molar-refractivity contribution in [3.05, 3.63) is 23.4 Å². The highest BCUT2D eigenvalue weighted by Crippen LogP contribution is 2.36. The number of rotatable bonds is 3. The van der Waals surface area contributed by atoms with Gasteiger partial charge >= 0.3 is 15.6 Å². The van der Waals surface area contributed by atoms with E-state index in [4.69, 9.17) is 4.42 Å². The smallest absolute Gasteiger partial charge is 0.440 e. The van der Waals surface area contributed by atoms with E-state index in [-0.39, 0.29) is 23.4 Å². The Labute approximate surface area is 124 Å². The molecule has 0 spiro atoms. The molecular weight excluding hydrogens is 327 g/mol. The van der Waals surface area contributed by atoms with Crippen molar-refractivity contribution in [2.24, 2.45) is 0 Å². The molecule has 1 saturated carbocycles. The van der Waals surface area contributed by atoms with Gasteiger partial charge < -0.3 is 13.7 Å². The lowest BCUT2D eigenvalue weighted by molar-refractivity contribution is -0.0510. The molecule has 10 heteroatoms. The average Bonchev–Trinajstić information content (AvgIpc) is 2.82. The van der Waals surface area contributed by atoms with E-state index in [0.717, 1.165) is 6.39 Å². The van der Waals surface area contributed by atoms with Gasteiger partial charge in [-0.15, -0.1) is 0 Å². The summed E-state index contributed by atoms with van der Waals surface area (Å²) in [4.78, 5) is 3.71. The van der Waals surface area contributed by atoms with E-state index in [9.17, 15) is 26.7 Å². The maximum Gasteiger partial charge on any atom is 0.534 e. The van der Waals surface area contributed by atoms with Crippen molar-refractivity contribution in [2.75, 3.05) is 0 Å². The third-order valence-electron chi connectivity index (χ3n) is 3.30. The number of nitrogens with zero attached hydrogens (tertiary/aromatic N) is 1. The first-order valence-corrected chi connectivity index (χ1v) is 7.86. The largest absolute Gasteiger partial charge is 0.534 e. The van der Waals surface area contributed by atoms with Crippen LogP contribution in [0.2, 0.25) is 0 Å². The number of hydrogen-bond acceptors (Lipinski definition) is 6. The van der Waals surface area contributed by atoms with Crippen molar-refractivity contribution in [1.29, 1.82) is 0 Å². The van der Waals surface area contributed by atoms with Crippen molar-refractivity contribution in [3.8, 4) is 0 Å². The summed E-state index contributed by atoms with van der Waals surface area (Å²) >= 11 is 0. The molecule has 1 aliphatic carbocycles. The molecule has 0 bridgehead atoms. The summed E-state index contributed by atoms with van der Waals surface area (Å²) in [6.07, 6.45) is 1.67. The number of aliphatic hydroxyl groups is 1. The van der Waals surface area contributed by atoms with Crippen LogP contribution in [0.15, 0.2) is 16.4 Å². The zero-order chi connectivity index (χ0) is 16.5. The molecule has 1 N–H and O–H groups in total. The molecule has 2 rings (SSSR count). The van der Waals surface area contributed by atoms with Gasteiger partial charge in [0.2, 0.25) is 0 Å². The fourth-order valence-corrected chi connectivity index (χ4v) is 2.67. The molecule has 22 heavy (non-hydrogen) atoms. The lowest BCUT2D eigenvalue weighted by atomic mass is 9.90. The molecule has 1 unspecified atom stereocenters. The van der Waals surface area contributed by atoms with Crippen molar-refractivity contribution < 1.29 is 35.3 Å². The van der Waals surface area contributed by atoms with Crippen molar-refractivity contribution in [3.63, 3.8) is 0 Å². The summed E-state index contributed by atoms with van der Waals surface area (Å²) in [5.41, 5.74) is -5.34.